The lowest BCUT2D eigenvalue weighted by Crippen LogP contribution is -2.44. The average Bonchev–Trinajstić information content (AvgIpc) is 3.77. The third-order valence-electron chi connectivity index (χ3n) is 8.47. The van der Waals surface area contributed by atoms with E-state index in [9.17, 15) is 18.0 Å². The molecule has 0 N–H and O–H groups in total. The van der Waals surface area contributed by atoms with Crippen molar-refractivity contribution in [1.82, 2.24) is 29.5 Å². The van der Waals surface area contributed by atoms with Crippen LogP contribution in [0.4, 0.5) is 24.7 Å². The number of anilines is 2. The number of alkyl halides is 3. The van der Waals surface area contributed by atoms with Crippen LogP contribution in [0.15, 0.2) is 36.9 Å². The molecular formula is C30H29F3N8O2. The molecule has 3 aromatic heterocycles. The van der Waals surface area contributed by atoms with Crippen LogP contribution in [0.3, 0.4) is 0 Å². The maximum Gasteiger partial charge on any atom is 0.434 e. The van der Waals surface area contributed by atoms with Gasteiger partial charge in [-0.25, -0.2) is 24.9 Å². The van der Waals surface area contributed by atoms with Crippen molar-refractivity contribution < 1.29 is 22.7 Å². The fraction of sp³-hybridized carbons (Fsp3) is 0.400. The number of hydrogen-bond donors (Lipinski definition) is 0. The molecule has 1 aliphatic carbocycles. The smallest absolute Gasteiger partial charge is 0.434 e. The van der Waals surface area contributed by atoms with Gasteiger partial charge >= 0.3 is 6.18 Å². The van der Waals surface area contributed by atoms with E-state index < -0.39 is 11.9 Å². The van der Waals surface area contributed by atoms with E-state index in [0.717, 1.165) is 35.9 Å². The maximum atomic E-state index is 13.4. The molecule has 1 atom stereocenters. The Morgan fingerprint density at radius 1 is 1.09 bits per heavy atom. The lowest BCUT2D eigenvalue weighted by atomic mass is 9.92. The van der Waals surface area contributed by atoms with Crippen LogP contribution in [0.1, 0.15) is 60.5 Å². The molecule has 222 valence electrons. The molecule has 1 fully saturated rings. The highest BCUT2D eigenvalue weighted by molar-refractivity contribution is 6.02. The zero-order valence-electron chi connectivity index (χ0n) is 23.9. The predicted octanol–water partition coefficient (Wildman–Crippen LogP) is 5.19. The molecule has 3 aliphatic rings. The van der Waals surface area contributed by atoms with Crippen molar-refractivity contribution in [3.8, 4) is 28.7 Å². The monoisotopic (exact) mass is 590 g/mol. The van der Waals surface area contributed by atoms with Crippen LogP contribution in [0.5, 0.6) is 5.88 Å². The van der Waals surface area contributed by atoms with Gasteiger partial charge in [-0.1, -0.05) is 25.1 Å². The van der Waals surface area contributed by atoms with Crippen LogP contribution >= 0.6 is 0 Å². The summed E-state index contributed by atoms with van der Waals surface area (Å²) in [5, 5.41) is 0. The molecule has 0 bridgehead atoms. The third kappa shape index (κ3) is 4.76. The topological polar surface area (TPSA) is 102 Å². The van der Waals surface area contributed by atoms with Crippen LogP contribution < -0.4 is 14.5 Å². The van der Waals surface area contributed by atoms with Gasteiger partial charge in [0.2, 0.25) is 11.8 Å². The highest BCUT2D eigenvalue weighted by atomic mass is 19.4. The minimum Gasteiger partial charge on any atom is -0.480 e. The second-order valence-corrected chi connectivity index (χ2v) is 11.4. The number of methoxy groups -OCH3 is 1. The number of imidazole rings is 1. The van der Waals surface area contributed by atoms with Crippen LogP contribution in [0.25, 0.3) is 22.8 Å². The molecule has 2 aliphatic heterocycles. The highest BCUT2D eigenvalue weighted by Gasteiger charge is 2.37. The first-order valence-corrected chi connectivity index (χ1v) is 14.2. The Morgan fingerprint density at radius 3 is 2.65 bits per heavy atom. The van der Waals surface area contributed by atoms with Crippen molar-refractivity contribution >= 4 is 17.4 Å². The number of nitrogens with zero attached hydrogens (tertiary/aromatic N) is 8. The number of halogens is 3. The summed E-state index contributed by atoms with van der Waals surface area (Å²) in [4.78, 5) is 38.8. The van der Waals surface area contributed by atoms with Crippen molar-refractivity contribution in [2.45, 2.75) is 57.3 Å². The van der Waals surface area contributed by atoms with E-state index in [0.29, 0.717) is 65.6 Å². The van der Waals surface area contributed by atoms with Crippen LogP contribution in [0, 0.1) is 0 Å². The maximum absolute atomic E-state index is 13.4. The molecule has 1 amide bonds. The van der Waals surface area contributed by atoms with Gasteiger partial charge in [-0.3, -0.25) is 4.79 Å². The number of hydrogen-bond acceptors (Lipinski definition) is 8. The minimum atomic E-state index is -4.51. The van der Waals surface area contributed by atoms with Gasteiger partial charge in [-0.05, 0) is 36.3 Å². The Labute approximate surface area is 245 Å². The van der Waals surface area contributed by atoms with Gasteiger partial charge < -0.3 is 19.1 Å². The summed E-state index contributed by atoms with van der Waals surface area (Å²) in [7, 11) is 3.25. The van der Waals surface area contributed by atoms with Crippen molar-refractivity contribution in [3.63, 3.8) is 0 Å². The largest absolute Gasteiger partial charge is 0.480 e. The quantitative estimate of drug-likeness (QED) is 0.313. The van der Waals surface area contributed by atoms with Crippen molar-refractivity contribution in [2.75, 3.05) is 30.5 Å². The van der Waals surface area contributed by atoms with E-state index in [-0.39, 0.29) is 18.4 Å². The van der Waals surface area contributed by atoms with Crippen molar-refractivity contribution in [2.24, 2.45) is 0 Å². The molecule has 1 unspecified atom stereocenters. The highest BCUT2D eigenvalue weighted by Crippen LogP contribution is 2.46. The molecule has 0 saturated heterocycles. The first-order valence-electron chi connectivity index (χ1n) is 14.2. The Balaban J connectivity index is 1.27. The number of rotatable bonds is 5. The summed E-state index contributed by atoms with van der Waals surface area (Å²) >= 11 is 0. The van der Waals surface area contributed by atoms with Crippen LogP contribution in [-0.2, 0) is 24.1 Å². The number of carbonyl (C=O) groups is 1. The molecule has 1 aromatic carbocycles. The molecule has 0 radical (unpaired) electrons. The van der Waals surface area contributed by atoms with Gasteiger partial charge in [-0.15, -0.1) is 0 Å². The van der Waals surface area contributed by atoms with E-state index in [1.807, 2.05) is 23.1 Å². The Morgan fingerprint density at radius 2 is 1.91 bits per heavy atom. The predicted molar refractivity (Wildman–Crippen MR) is 152 cm³/mol. The Hall–Kier alpha value is -4.55. The molecule has 10 nitrogen and oxygen atoms in total. The number of carbonyl (C=O) groups excluding carboxylic acids is 1. The van der Waals surface area contributed by atoms with Crippen molar-refractivity contribution in [1.29, 1.82) is 0 Å². The number of fused-ring (bicyclic) bond motifs is 4. The number of ether oxygens (including phenoxy) is 1. The second kappa shape index (κ2) is 10.0. The van der Waals surface area contributed by atoms with E-state index in [1.165, 1.54) is 6.33 Å². The van der Waals surface area contributed by atoms with Gasteiger partial charge in [0.25, 0.3) is 0 Å². The van der Waals surface area contributed by atoms with E-state index in [2.05, 4.69) is 26.9 Å². The number of likely N-dealkylation sites (N-methyl/N-ethyl adjacent to an activating group) is 1. The fourth-order valence-corrected chi connectivity index (χ4v) is 5.95. The van der Waals surface area contributed by atoms with E-state index in [4.69, 9.17) is 9.72 Å². The molecular weight excluding hydrogens is 561 g/mol. The molecule has 43 heavy (non-hydrogen) atoms. The summed E-state index contributed by atoms with van der Waals surface area (Å²) in [5.74, 6) is 2.04. The summed E-state index contributed by atoms with van der Waals surface area (Å²) in [5.41, 5.74) is 3.72. The minimum absolute atomic E-state index is 0.101. The zero-order valence-corrected chi connectivity index (χ0v) is 23.9. The lowest BCUT2D eigenvalue weighted by molar-refractivity contribution is -0.140. The number of aromatic nitrogens is 6. The molecule has 5 heterocycles. The van der Waals surface area contributed by atoms with Gasteiger partial charge in [0.1, 0.15) is 23.4 Å². The van der Waals surface area contributed by atoms with Crippen molar-refractivity contribution in [3.05, 3.63) is 59.4 Å². The average molecular weight is 591 g/mol. The molecule has 4 aromatic rings. The molecule has 0 spiro atoms. The standard InChI is InChI=1S/C30H29F3N8O2/c1-16-8-9-40-13-22(30(31,32)33)37-27(40)19-7-4-17(10-20(16)19)12-41-14-23(42)39(2)21-11-34-26(38-28(21)41)24-25(18-5-6-18)35-15-36-29(24)43-3/h4,7,10-11,13,15-16,18H,5-6,8-9,12,14H2,1-3H3. The van der Waals surface area contributed by atoms with Gasteiger partial charge in [0.15, 0.2) is 17.3 Å². The normalized spacial score (nSPS) is 18.2. The third-order valence-corrected chi connectivity index (χ3v) is 8.47. The molecule has 13 heteroatoms. The first-order chi connectivity index (χ1) is 20.6. The summed E-state index contributed by atoms with van der Waals surface area (Å²) in [6.45, 7) is 2.98. The first kappa shape index (κ1) is 27.3. The summed E-state index contributed by atoms with van der Waals surface area (Å²) in [6.07, 6.45) is 2.43. The number of benzene rings is 1. The molecule has 7 rings (SSSR count). The lowest BCUT2D eigenvalue weighted by Gasteiger charge is -2.34. The van der Waals surface area contributed by atoms with Crippen LogP contribution in [-0.4, -0.2) is 56.1 Å². The van der Waals surface area contributed by atoms with Gasteiger partial charge in [0, 0.05) is 37.8 Å². The van der Waals surface area contributed by atoms with Gasteiger partial charge in [-0.2, -0.15) is 13.2 Å². The Bertz CT molecular complexity index is 1750. The number of amides is 1. The SMILES string of the molecule is COc1ncnc(C2CC2)c1-c1ncc2c(n1)N(Cc1ccc3c(c1)C(C)CCn1cc(C(F)(F)F)nc1-3)CC(=O)N2C. The van der Waals surface area contributed by atoms with Gasteiger partial charge in [0.05, 0.1) is 25.5 Å². The molecule has 1 saturated carbocycles. The summed E-state index contributed by atoms with van der Waals surface area (Å²) < 4.78 is 47.5. The van der Waals surface area contributed by atoms with E-state index in [1.54, 1.807) is 29.8 Å². The Kier molecular flexibility index (Phi) is 6.36. The summed E-state index contributed by atoms with van der Waals surface area (Å²) in [6, 6.07) is 5.73. The second-order valence-electron chi connectivity index (χ2n) is 11.4. The fourth-order valence-electron chi connectivity index (χ4n) is 5.95. The number of aryl methyl sites for hydroxylation is 1. The van der Waals surface area contributed by atoms with E-state index >= 15 is 0 Å². The zero-order chi connectivity index (χ0) is 30.0. The van der Waals surface area contributed by atoms with Crippen LogP contribution in [0.2, 0.25) is 0 Å².